The van der Waals surface area contributed by atoms with Gasteiger partial charge in [-0.1, -0.05) is 23.4 Å². The minimum atomic E-state index is -0.994. The molecule has 0 spiro atoms. The first-order valence-corrected chi connectivity index (χ1v) is 13.8. The molecular formula is C30H30FN3O5. The minimum Gasteiger partial charge on any atom is -0.478 e. The summed E-state index contributed by atoms with van der Waals surface area (Å²) >= 11 is 0. The van der Waals surface area contributed by atoms with Crippen molar-refractivity contribution >= 4 is 17.7 Å². The molecule has 4 heterocycles. The van der Waals surface area contributed by atoms with Gasteiger partial charge in [0.1, 0.15) is 17.3 Å². The van der Waals surface area contributed by atoms with Crippen molar-refractivity contribution in [2.24, 2.45) is 0 Å². The number of carboxylic acids is 1. The number of benzene rings is 2. The lowest BCUT2D eigenvalue weighted by atomic mass is 9.99. The van der Waals surface area contributed by atoms with Crippen LogP contribution in [0.15, 0.2) is 47.0 Å². The molecule has 1 aliphatic carbocycles. The van der Waals surface area contributed by atoms with Crippen molar-refractivity contribution in [3.05, 3.63) is 70.7 Å². The summed E-state index contributed by atoms with van der Waals surface area (Å²) in [6.45, 7) is 0.859. The fourth-order valence-corrected chi connectivity index (χ4v) is 6.62. The Balaban J connectivity index is 1.06. The molecule has 1 saturated carbocycles. The Morgan fingerprint density at radius 1 is 1.08 bits per heavy atom. The third-order valence-corrected chi connectivity index (χ3v) is 8.73. The monoisotopic (exact) mass is 531 g/mol. The van der Waals surface area contributed by atoms with Gasteiger partial charge in [0, 0.05) is 41.4 Å². The molecular weight excluding hydrogens is 501 g/mol. The van der Waals surface area contributed by atoms with Crippen LogP contribution in [0.5, 0.6) is 0 Å². The Labute approximate surface area is 225 Å². The van der Waals surface area contributed by atoms with Crippen LogP contribution >= 0.6 is 0 Å². The van der Waals surface area contributed by atoms with Gasteiger partial charge in [0.05, 0.1) is 18.3 Å². The summed E-state index contributed by atoms with van der Waals surface area (Å²) in [5.41, 5.74) is 3.67. The maximum Gasteiger partial charge on any atom is 0.335 e. The van der Waals surface area contributed by atoms with Crippen molar-refractivity contribution in [1.82, 2.24) is 10.1 Å². The number of carboxylic acid groups (broad SMARTS) is 1. The highest BCUT2D eigenvalue weighted by atomic mass is 19.1. The molecule has 7 rings (SSSR count). The Morgan fingerprint density at radius 3 is 2.56 bits per heavy atom. The first-order valence-electron chi connectivity index (χ1n) is 13.8. The predicted octanol–water partition coefficient (Wildman–Crippen LogP) is 5.75. The second-order valence-electron chi connectivity index (χ2n) is 11.2. The maximum atomic E-state index is 14.6. The number of nitrogens with zero attached hydrogens (tertiary/aromatic N) is 3. The quantitative estimate of drug-likeness (QED) is 0.435. The van der Waals surface area contributed by atoms with Crippen LogP contribution in [-0.4, -0.2) is 51.9 Å². The fraction of sp³-hybridized carbons (Fsp3) is 0.433. The molecule has 2 aromatic carbocycles. The van der Waals surface area contributed by atoms with E-state index < -0.39 is 5.97 Å². The van der Waals surface area contributed by atoms with Crippen LogP contribution in [0.4, 0.5) is 14.9 Å². The molecule has 202 valence electrons. The number of urea groups is 1. The molecule has 1 unspecified atom stereocenters. The number of amides is 2. The van der Waals surface area contributed by atoms with E-state index in [4.69, 9.17) is 9.26 Å². The van der Waals surface area contributed by atoms with Gasteiger partial charge >= 0.3 is 12.0 Å². The molecule has 0 radical (unpaired) electrons. The zero-order chi connectivity index (χ0) is 26.7. The van der Waals surface area contributed by atoms with E-state index in [1.54, 1.807) is 35.2 Å². The number of hydrogen-bond acceptors (Lipinski definition) is 5. The van der Waals surface area contributed by atoms with E-state index in [-0.39, 0.29) is 35.6 Å². The third kappa shape index (κ3) is 4.29. The number of piperidine rings is 1. The summed E-state index contributed by atoms with van der Waals surface area (Å²) in [5.74, 6) is -0.210. The van der Waals surface area contributed by atoms with Gasteiger partial charge < -0.3 is 19.3 Å². The number of rotatable bonds is 6. The number of aromatic carboxylic acids is 1. The number of carbonyl (C=O) groups excluding carboxylic acids is 1. The number of aromatic nitrogens is 1. The van der Waals surface area contributed by atoms with E-state index in [2.05, 4.69) is 5.16 Å². The minimum absolute atomic E-state index is 0.0218. The van der Waals surface area contributed by atoms with Gasteiger partial charge in [-0.05, 0) is 74.8 Å². The number of fused-ring (bicyclic) bond motifs is 3. The molecule has 8 nitrogen and oxygen atoms in total. The fourth-order valence-electron chi connectivity index (χ4n) is 6.62. The van der Waals surface area contributed by atoms with Gasteiger partial charge in [-0.3, -0.25) is 4.90 Å². The molecule has 2 saturated heterocycles. The van der Waals surface area contributed by atoms with Gasteiger partial charge in [-0.25, -0.2) is 14.0 Å². The Kier molecular flexibility index (Phi) is 5.91. The lowest BCUT2D eigenvalue weighted by molar-refractivity contribution is -0.0164. The number of anilines is 1. The lowest BCUT2D eigenvalue weighted by Crippen LogP contribution is -2.53. The van der Waals surface area contributed by atoms with E-state index in [0.717, 1.165) is 61.8 Å². The highest BCUT2D eigenvalue weighted by molar-refractivity contribution is 5.97. The second-order valence-corrected chi connectivity index (χ2v) is 11.2. The zero-order valence-electron chi connectivity index (χ0n) is 21.5. The third-order valence-electron chi connectivity index (χ3n) is 8.73. The van der Waals surface area contributed by atoms with Gasteiger partial charge in [-0.2, -0.15) is 0 Å². The summed E-state index contributed by atoms with van der Waals surface area (Å²) in [4.78, 5) is 29.0. The van der Waals surface area contributed by atoms with Crippen LogP contribution in [0.3, 0.4) is 0 Å². The topological polar surface area (TPSA) is 96.1 Å². The molecule has 2 bridgehead atoms. The molecule has 3 atom stereocenters. The molecule has 1 N–H and O–H groups in total. The van der Waals surface area contributed by atoms with Crippen LogP contribution in [0.25, 0.3) is 11.3 Å². The van der Waals surface area contributed by atoms with E-state index >= 15 is 0 Å². The number of carbonyl (C=O) groups is 2. The van der Waals surface area contributed by atoms with Gasteiger partial charge in [-0.15, -0.1) is 0 Å². The normalized spacial score (nSPS) is 23.8. The molecule has 39 heavy (non-hydrogen) atoms. The Bertz CT molecular complexity index is 1440. The highest BCUT2D eigenvalue weighted by Gasteiger charge is 2.46. The first kappa shape index (κ1) is 24.3. The maximum absolute atomic E-state index is 14.6. The Hall–Kier alpha value is -3.72. The van der Waals surface area contributed by atoms with Gasteiger partial charge in [0.2, 0.25) is 0 Å². The van der Waals surface area contributed by atoms with Crippen LogP contribution in [0.1, 0.15) is 71.7 Å². The van der Waals surface area contributed by atoms with Crippen LogP contribution in [-0.2, 0) is 17.8 Å². The van der Waals surface area contributed by atoms with Crippen molar-refractivity contribution in [3.8, 4) is 11.3 Å². The summed E-state index contributed by atoms with van der Waals surface area (Å²) in [7, 11) is 0. The van der Waals surface area contributed by atoms with Gasteiger partial charge in [0.15, 0.2) is 0 Å². The summed E-state index contributed by atoms with van der Waals surface area (Å²) in [6.07, 6.45) is 6.09. The average Bonchev–Trinajstić information content (AvgIpc) is 3.45. The molecule has 3 aromatic rings. The van der Waals surface area contributed by atoms with Crippen LogP contribution in [0.2, 0.25) is 0 Å². The molecule has 1 aromatic heterocycles. The SMILES string of the molecule is O=C(O)c1ccc2c(c1)N(C(=O)N1[C@@H]3CC[C@H]1CC(OCc1c(-c4ccccc4F)noc1C1CC1)C3)CC2. The van der Waals surface area contributed by atoms with Gasteiger partial charge in [0.25, 0.3) is 0 Å². The van der Waals surface area contributed by atoms with Crippen LogP contribution < -0.4 is 4.90 Å². The summed E-state index contributed by atoms with van der Waals surface area (Å²) < 4.78 is 26.7. The van der Waals surface area contributed by atoms with Crippen molar-refractivity contribution < 1.29 is 28.3 Å². The largest absolute Gasteiger partial charge is 0.478 e. The highest BCUT2D eigenvalue weighted by Crippen LogP contribution is 2.45. The number of halogens is 1. The molecule has 4 aliphatic rings. The van der Waals surface area contributed by atoms with Crippen molar-refractivity contribution in [2.75, 3.05) is 11.4 Å². The molecule has 3 aliphatic heterocycles. The summed E-state index contributed by atoms with van der Waals surface area (Å²) in [6, 6.07) is 11.7. The standard InChI is InChI=1S/C30H30FN3O5/c31-25-4-2-1-3-23(25)27-24(28(39-32-27)18-6-7-18)16-38-22-14-20-9-10-21(15-22)34(20)30(37)33-12-11-17-5-8-19(29(35)36)13-26(17)33/h1-5,8,13,18,20-22H,6-7,9-12,14-16H2,(H,35,36)/t20-,21+,22?. The van der Waals surface area contributed by atoms with E-state index in [1.165, 1.54) is 6.07 Å². The van der Waals surface area contributed by atoms with E-state index in [0.29, 0.717) is 36.0 Å². The van der Waals surface area contributed by atoms with Crippen molar-refractivity contribution in [2.45, 2.75) is 75.7 Å². The van der Waals surface area contributed by atoms with E-state index in [1.807, 2.05) is 11.0 Å². The zero-order valence-corrected chi connectivity index (χ0v) is 21.5. The predicted molar refractivity (Wildman–Crippen MR) is 140 cm³/mol. The first-order chi connectivity index (χ1) is 19.0. The second kappa shape index (κ2) is 9.48. The number of hydrogen-bond donors (Lipinski definition) is 1. The Morgan fingerprint density at radius 2 is 1.85 bits per heavy atom. The summed E-state index contributed by atoms with van der Waals surface area (Å²) in [5, 5.41) is 13.7. The smallest absolute Gasteiger partial charge is 0.335 e. The average molecular weight is 532 g/mol. The van der Waals surface area contributed by atoms with Crippen molar-refractivity contribution in [1.29, 1.82) is 0 Å². The molecule has 9 heteroatoms. The molecule has 3 fully saturated rings. The van der Waals surface area contributed by atoms with Crippen LogP contribution in [0, 0.1) is 5.82 Å². The lowest BCUT2D eigenvalue weighted by Gasteiger charge is -2.40. The molecule has 2 amide bonds. The van der Waals surface area contributed by atoms with Crippen molar-refractivity contribution in [3.63, 3.8) is 0 Å². The number of ether oxygens (including phenoxy) is 1. The van der Waals surface area contributed by atoms with E-state index in [9.17, 15) is 19.1 Å².